The van der Waals surface area contributed by atoms with Crippen LogP contribution in [0.15, 0.2) is 0 Å². The molecule has 0 bridgehead atoms. The van der Waals surface area contributed by atoms with E-state index in [2.05, 4.69) is 53.0 Å². The molecule has 0 unspecified atom stereocenters. The summed E-state index contributed by atoms with van der Waals surface area (Å²) in [5.74, 6) is 0. The average molecular weight is 468 g/mol. The Balaban J connectivity index is -0.000000460. The van der Waals surface area contributed by atoms with Crippen LogP contribution in [-0.2, 0) is 9.59 Å². The van der Waals surface area contributed by atoms with Crippen molar-refractivity contribution in [2.24, 2.45) is 0 Å². The summed E-state index contributed by atoms with van der Waals surface area (Å²) in [4.78, 5) is 19.8. The summed E-state index contributed by atoms with van der Waals surface area (Å²) in [5, 5.41) is -0.0324. The molecule has 5 heteroatoms. The molecular weight excluding hydrogens is 415 g/mol. The quantitative estimate of drug-likeness (QED) is 0.176. The molecule has 0 aliphatic heterocycles. The van der Waals surface area contributed by atoms with Gasteiger partial charge in [-0.25, -0.2) is 0 Å². The molecular formula is C24H52O2PS2+. The van der Waals surface area contributed by atoms with E-state index in [1.165, 1.54) is 51.4 Å². The molecule has 2 nitrogen and oxygen atoms in total. The summed E-state index contributed by atoms with van der Waals surface area (Å²) in [6.07, 6.45) is 21.0. The maximum atomic E-state index is 9.91. The van der Waals surface area contributed by atoms with Gasteiger partial charge in [-0.2, -0.15) is 0 Å². The Morgan fingerprint density at radius 2 is 0.759 bits per heavy atom. The Labute approximate surface area is 195 Å². The number of hydrogen-bond acceptors (Lipinski definition) is 2. The number of hydrogen-bond donors (Lipinski definition) is 2. The van der Waals surface area contributed by atoms with Crippen molar-refractivity contribution in [3.8, 4) is 0 Å². The molecule has 176 valence electrons. The van der Waals surface area contributed by atoms with E-state index < -0.39 is 7.26 Å². The highest BCUT2D eigenvalue weighted by Gasteiger charge is 2.34. The monoisotopic (exact) mass is 467 g/mol. The van der Waals surface area contributed by atoms with Crippen LogP contribution in [0, 0.1) is 0 Å². The van der Waals surface area contributed by atoms with Crippen LogP contribution in [0.3, 0.4) is 0 Å². The van der Waals surface area contributed by atoms with Crippen molar-refractivity contribution in [3.63, 3.8) is 0 Å². The number of thiol groups is 2. The first-order chi connectivity index (χ1) is 13.8. The maximum absolute atomic E-state index is 9.91. The molecule has 0 aliphatic rings. The number of unbranched alkanes of at least 4 members (excludes halogenated alkanes) is 4. The Bertz CT molecular complexity index is 309. The fourth-order valence-electron chi connectivity index (χ4n) is 3.07. The summed E-state index contributed by atoms with van der Waals surface area (Å²) >= 11 is 7.08. The van der Waals surface area contributed by atoms with Crippen LogP contribution in [-0.4, -0.2) is 34.9 Å². The third-order valence-electron chi connectivity index (χ3n) is 4.87. The van der Waals surface area contributed by atoms with Crippen LogP contribution in [0.25, 0.3) is 0 Å². The van der Waals surface area contributed by atoms with E-state index in [4.69, 9.17) is 0 Å². The molecule has 0 atom stereocenters. The number of carbonyl (C=O) groups excluding carboxylic acids is 2. The van der Waals surface area contributed by atoms with Crippen LogP contribution in [0.1, 0.15) is 119 Å². The molecule has 0 rings (SSSR count). The van der Waals surface area contributed by atoms with Crippen molar-refractivity contribution in [1.29, 1.82) is 0 Å². The zero-order valence-corrected chi connectivity index (χ0v) is 23.2. The van der Waals surface area contributed by atoms with Gasteiger partial charge in [-0.3, -0.25) is 9.59 Å². The molecule has 0 aliphatic carbocycles. The van der Waals surface area contributed by atoms with Crippen molar-refractivity contribution in [1.82, 2.24) is 0 Å². The van der Waals surface area contributed by atoms with Gasteiger partial charge in [0, 0.05) is 20.1 Å². The van der Waals surface area contributed by atoms with Crippen LogP contribution in [0.5, 0.6) is 0 Å². The lowest BCUT2D eigenvalue weighted by Crippen LogP contribution is -2.12. The first-order valence-corrected chi connectivity index (χ1v) is 15.5. The molecule has 0 fully saturated rings. The standard InChI is InChI=1S/C16H36P.2C4H8OS/c1-5-9-13-17(14-10-6-2,15-11-7-3)16-12-8-4;2*1-2-3-4(5)6/h5-16H2,1-4H3;2*2-3H2,1H3,(H,5,6)/q+1;;. The summed E-state index contributed by atoms with van der Waals surface area (Å²) < 4.78 is 0. The third-order valence-corrected chi connectivity index (χ3v) is 10.4. The van der Waals surface area contributed by atoms with E-state index in [0.29, 0.717) is 12.8 Å². The minimum absolute atomic E-state index is 0.0162. The van der Waals surface area contributed by atoms with E-state index >= 15 is 0 Å². The van der Waals surface area contributed by atoms with E-state index in [9.17, 15) is 9.59 Å². The molecule has 0 aromatic carbocycles. The molecule has 0 amide bonds. The van der Waals surface area contributed by atoms with Gasteiger partial charge in [0.1, 0.15) is 0 Å². The molecule has 0 aromatic rings. The van der Waals surface area contributed by atoms with E-state index in [1.54, 1.807) is 24.6 Å². The zero-order chi connectivity index (χ0) is 23.0. The SMILES string of the molecule is CCCC(=O)S.CCCC(=O)S.CCCC[P+](CCCC)(CCCC)CCCC. The van der Waals surface area contributed by atoms with Gasteiger partial charge in [0.15, 0.2) is 10.2 Å². The smallest absolute Gasteiger partial charge is 0.185 e. The fraction of sp³-hybridized carbons (Fsp3) is 0.917. The lowest BCUT2D eigenvalue weighted by molar-refractivity contribution is -0.111. The van der Waals surface area contributed by atoms with Gasteiger partial charge in [0.05, 0.1) is 24.6 Å². The number of rotatable bonds is 16. The van der Waals surface area contributed by atoms with Gasteiger partial charge in [0.25, 0.3) is 0 Å². The fourth-order valence-corrected chi connectivity index (χ4v) is 8.81. The van der Waals surface area contributed by atoms with E-state index in [-0.39, 0.29) is 10.2 Å². The van der Waals surface area contributed by atoms with Gasteiger partial charge in [0.2, 0.25) is 0 Å². The molecule has 0 saturated heterocycles. The Morgan fingerprint density at radius 1 is 0.517 bits per heavy atom. The van der Waals surface area contributed by atoms with Crippen molar-refractivity contribution in [2.45, 2.75) is 119 Å². The van der Waals surface area contributed by atoms with Crippen LogP contribution < -0.4 is 0 Å². The predicted octanol–water partition coefficient (Wildman–Crippen LogP) is 8.69. The minimum Gasteiger partial charge on any atom is -0.288 e. The summed E-state index contributed by atoms with van der Waals surface area (Å²) in [6.45, 7) is 13.3. The van der Waals surface area contributed by atoms with Crippen LogP contribution in [0.4, 0.5) is 0 Å². The molecule has 29 heavy (non-hydrogen) atoms. The second kappa shape index (κ2) is 26.5. The third kappa shape index (κ3) is 28.5. The molecule has 0 radical (unpaired) electrons. The normalized spacial score (nSPS) is 10.5. The first kappa shape index (κ1) is 34.1. The number of carbonyl (C=O) groups is 2. The molecule has 0 spiro atoms. The van der Waals surface area contributed by atoms with Gasteiger partial charge in [-0.15, -0.1) is 25.3 Å². The largest absolute Gasteiger partial charge is 0.288 e. The Morgan fingerprint density at radius 3 is 0.862 bits per heavy atom. The van der Waals surface area contributed by atoms with Gasteiger partial charge >= 0.3 is 0 Å². The van der Waals surface area contributed by atoms with Gasteiger partial charge in [-0.05, 0) is 38.5 Å². The van der Waals surface area contributed by atoms with Crippen LogP contribution >= 0.6 is 32.5 Å². The summed E-state index contributed by atoms with van der Waals surface area (Å²) in [7, 11) is -0.562. The lowest BCUT2D eigenvalue weighted by atomic mass is 10.4. The summed E-state index contributed by atoms with van der Waals surface area (Å²) in [6, 6.07) is 0. The van der Waals surface area contributed by atoms with Gasteiger partial charge in [-0.1, -0.05) is 67.2 Å². The molecule has 0 aromatic heterocycles. The summed E-state index contributed by atoms with van der Waals surface area (Å²) in [5.41, 5.74) is 0. The molecule has 0 heterocycles. The lowest BCUT2D eigenvalue weighted by Gasteiger charge is -2.28. The van der Waals surface area contributed by atoms with E-state index in [1.807, 2.05) is 13.8 Å². The maximum Gasteiger partial charge on any atom is 0.185 e. The van der Waals surface area contributed by atoms with Crippen molar-refractivity contribution < 1.29 is 9.59 Å². The topological polar surface area (TPSA) is 34.1 Å². The van der Waals surface area contributed by atoms with Crippen molar-refractivity contribution >= 4 is 42.8 Å². The highest BCUT2D eigenvalue weighted by Crippen LogP contribution is 2.61. The highest BCUT2D eigenvalue weighted by molar-refractivity contribution is 7.96. The first-order valence-electron chi connectivity index (χ1n) is 12.1. The average Bonchev–Trinajstić information content (AvgIpc) is 2.67. The predicted molar refractivity (Wildman–Crippen MR) is 144 cm³/mol. The van der Waals surface area contributed by atoms with E-state index in [0.717, 1.165) is 12.8 Å². The van der Waals surface area contributed by atoms with Crippen LogP contribution in [0.2, 0.25) is 0 Å². The zero-order valence-electron chi connectivity index (χ0n) is 20.5. The molecule has 0 saturated carbocycles. The van der Waals surface area contributed by atoms with Gasteiger partial charge < -0.3 is 0 Å². The second-order valence-corrected chi connectivity index (χ2v) is 13.4. The highest BCUT2D eigenvalue weighted by atomic mass is 32.1. The minimum atomic E-state index is -0.562. The van der Waals surface area contributed by atoms with Crippen molar-refractivity contribution in [2.75, 3.05) is 24.6 Å². The Kier molecular flexibility index (Phi) is 31.2. The van der Waals surface area contributed by atoms with Crippen molar-refractivity contribution in [3.05, 3.63) is 0 Å². The Hall–Kier alpha value is 0.470. The second-order valence-electron chi connectivity index (χ2n) is 7.94. The molecule has 0 N–H and O–H groups in total.